The highest BCUT2D eigenvalue weighted by atomic mass is 16.2. The number of rotatable bonds is 2. The maximum absolute atomic E-state index is 12.6. The molecule has 2 amide bonds. The van der Waals surface area contributed by atoms with E-state index in [2.05, 4.69) is 19.2 Å². The highest BCUT2D eigenvalue weighted by Crippen LogP contribution is 2.33. The molecule has 4 heteroatoms. The lowest BCUT2D eigenvalue weighted by molar-refractivity contribution is -0.150. The van der Waals surface area contributed by atoms with E-state index in [0.29, 0.717) is 11.8 Å². The zero-order valence-electron chi connectivity index (χ0n) is 12.5. The van der Waals surface area contributed by atoms with Gasteiger partial charge < -0.3 is 10.2 Å². The van der Waals surface area contributed by atoms with E-state index in [1.165, 1.54) is 6.42 Å². The van der Waals surface area contributed by atoms with Crippen LogP contribution in [0, 0.1) is 17.8 Å². The Morgan fingerprint density at radius 3 is 2.53 bits per heavy atom. The Bertz CT molecular complexity index is 367. The molecule has 1 aliphatic heterocycles. The molecule has 19 heavy (non-hydrogen) atoms. The first-order chi connectivity index (χ1) is 8.91. The average Bonchev–Trinajstić information content (AvgIpc) is 2.35. The monoisotopic (exact) mass is 266 g/mol. The van der Waals surface area contributed by atoms with E-state index >= 15 is 0 Å². The predicted molar refractivity (Wildman–Crippen MR) is 74.4 cm³/mol. The molecule has 0 aromatic heterocycles. The Morgan fingerprint density at radius 1 is 1.21 bits per heavy atom. The molecule has 0 radical (unpaired) electrons. The van der Waals surface area contributed by atoms with Gasteiger partial charge in [0.05, 0.1) is 6.54 Å². The fourth-order valence-corrected chi connectivity index (χ4v) is 3.42. The summed E-state index contributed by atoms with van der Waals surface area (Å²) in [5.41, 5.74) is 0. The molecule has 4 atom stereocenters. The molecular weight excluding hydrogens is 240 g/mol. The van der Waals surface area contributed by atoms with Crippen LogP contribution in [0.1, 0.15) is 47.0 Å². The van der Waals surface area contributed by atoms with Crippen LogP contribution in [0.2, 0.25) is 0 Å². The lowest BCUT2D eigenvalue weighted by Crippen LogP contribution is -2.63. The van der Waals surface area contributed by atoms with Gasteiger partial charge in [-0.05, 0) is 24.2 Å². The highest BCUT2D eigenvalue weighted by molar-refractivity contribution is 5.95. The summed E-state index contributed by atoms with van der Waals surface area (Å²) in [6.07, 6.45) is 3.43. The Hall–Kier alpha value is -1.06. The van der Waals surface area contributed by atoms with Crippen LogP contribution in [-0.4, -0.2) is 35.3 Å². The first-order valence-corrected chi connectivity index (χ1v) is 7.51. The van der Waals surface area contributed by atoms with Crippen molar-refractivity contribution in [2.45, 2.75) is 59.0 Å². The number of hydrogen-bond donors (Lipinski definition) is 1. The topological polar surface area (TPSA) is 49.4 Å². The number of piperazine rings is 1. The Balaban J connectivity index is 2.17. The zero-order chi connectivity index (χ0) is 14.2. The van der Waals surface area contributed by atoms with Gasteiger partial charge in [0.1, 0.15) is 6.04 Å². The first-order valence-electron chi connectivity index (χ1n) is 7.51. The molecule has 1 N–H and O–H groups in total. The third-order valence-electron chi connectivity index (χ3n) is 4.91. The summed E-state index contributed by atoms with van der Waals surface area (Å²) >= 11 is 0. The van der Waals surface area contributed by atoms with Crippen molar-refractivity contribution in [1.29, 1.82) is 0 Å². The van der Waals surface area contributed by atoms with E-state index in [4.69, 9.17) is 0 Å². The molecule has 108 valence electrons. The molecule has 0 aromatic rings. The van der Waals surface area contributed by atoms with E-state index < -0.39 is 0 Å². The van der Waals surface area contributed by atoms with Crippen molar-refractivity contribution >= 4 is 11.8 Å². The molecule has 4 unspecified atom stereocenters. The van der Waals surface area contributed by atoms with Gasteiger partial charge >= 0.3 is 0 Å². The van der Waals surface area contributed by atoms with Crippen LogP contribution in [0.5, 0.6) is 0 Å². The maximum atomic E-state index is 12.6. The second-order valence-electron chi connectivity index (χ2n) is 6.59. The van der Waals surface area contributed by atoms with Crippen molar-refractivity contribution in [3.05, 3.63) is 0 Å². The molecular formula is C15H26N2O2. The van der Waals surface area contributed by atoms with Crippen LogP contribution in [0.3, 0.4) is 0 Å². The fraction of sp³-hybridized carbons (Fsp3) is 0.867. The second kappa shape index (κ2) is 5.51. The van der Waals surface area contributed by atoms with Gasteiger partial charge in [-0.2, -0.15) is 0 Å². The van der Waals surface area contributed by atoms with Gasteiger partial charge in [-0.15, -0.1) is 0 Å². The lowest BCUT2D eigenvalue weighted by atomic mass is 9.77. The molecule has 1 saturated heterocycles. The molecule has 0 aromatic carbocycles. The summed E-state index contributed by atoms with van der Waals surface area (Å²) in [6, 6.07) is -0.103. The lowest BCUT2D eigenvalue weighted by Gasteiger charge is -2.45. The van der Waals surface area contributed by atoms with Crippen LogP contribution in [-0.2, 0) is 9.59 Å². The Kier molecular flexibility index (Phi) is 4.16. The number of hydrogen-bond acceptors (Lipinski definition) is 2. The minimum atomic E-state index is -0.342. The normalized spacial score (nSPS) is 36.6. The molecule has 0 spiro atoms. The SMILES string of the molecule is CC(C)C1NC(=O)CN(C2CCCC(C)C2C)C1=O. The predicted octanol–water partition coefficient (Wildman–Crippen LogP) is 1.79. The van der Waals surface area contributed by atoms with Crippen LogP contribution in [0.4, 0.5) is 0 Å². The van der Waals surface area contributed by atoms with Gasteiger partial charge in [-0.1, -0.05) is 40.5 Å². The highest BCUT2D eigenvalue weighted by Gasteiger charge is 2.41. The number of amides is 2. The van der Waals surface area contributed by atoms with Crippen molar-refractivity contribution in [2.24, 2.45) is 17.8 Å². The number of carbonyl (C=O) groups is 2. The summed E-state index contributed by atoms with van der Waals surface area (Å²) in [7, 11) is 0. The van der Waals surface area contributed by atoms with Crippen LogP contribution >= 0.6 is 0 Å². The molecule has 1 aliphatic carbocycles. The van der Waals surface area contributed by atoms with E-state index in [1.807, 2.05) is 18.7 Å². The molecule has 2 aliphatic rings. The molecule has 1 saturated carbocycles. The smallest absolute Gasteiger partial charge is 0.246 e. The van der Waals surface area contributed by atoms with E-state index in [9.17, 15) is 9.59 Å². The fourth-order valence-electron chi connectivity index (χ4n) is 3.42. The van der Waals surface area contributed by atoms with Gasteiger partial charge in [0.25, 0.3) is 0 Å². The second-order valence-corrected chi connectivity index (χ2v) is 6.59. The zero-order valence-corrected chi connectivity index (χ0v) is 12.5. The van der Waals surface area contributed by atoms with Crippen molar-refractivity contribution < 1.29 is 9.59 Å². The van der Waals surface area contributed by atoms with Gasteiger partial charge in [-0.25, -0.2) is 0 Å². The van der Waals surface area contributed by atoms with Crippen LogP contribution in [0.25, 0.3) is 0 Å². The Morgan fingerprint density at radius 2 is 1.89 bits per heavy atom. The summed E-state index contributed by atoms with van der Waals surface area (Å²) in [6.45, 7) is 8.69. The third kappa shape index (κ3) is 2.77. The number of nitrogens with zero attached hydrogens (tertiary/aromatic N) is 1. The summed E-state index contributed by atoms with van der Waals surface area (Å²) in [5, 5.41) is 2.83. The van der Waals surface area contributed by atoms with Gasteiger partial charge in [0.2, 0.25) is 11.8 Å². The molecule has 2 rings (SSSR count). The third-order valence-corrected chi connectivity index (χ3v) is 4.91. The summed E-state index contributed by atoms with van der Waals surface area (Å²) in [4.78, 5) is 26.3. The van der Waals surface area contributed by atoms with E-state index in [0.717, 1.165) is 12.8 Å². The molecule has 2 fully saturated rings. The van der Waals surface area contributed by atoms with E-state index in [1.54, 1.807) is 0 Å². The van der Waals surface area contributed by atoms with Gasteiger partial charge in [0.15, 0.2) is 0 Å². The standard InChI is InChI=1S/C15H26N2O2/c1-9(2)14-15(19)17(8-13(18)16-14)12-7-5-6-10(3)11(12)4/h9-12,14H,5-8H2,1-4H3,(H,16,18). The van der Waals surface area contributed by atoms with Gasteiger partial charge in [-0.3, -0.25) is 9.59 Å². The minimum absolute atomic E-state index is 0.0104. The molecule has 4 nitrogen and oxygen atoms in total. The van der Waals surface area contributed by atoms with Crippen LogP contribution in [0.15, 0.2) is 0 Å². The quantitative estimate of drug-likeness (QED) is 0.828. The number of carbonyl (C=O) groups excluding carboxylic acids is 2. The van der Waals surface area contributed by atoms with Crippen molar-refractivity contribution in [3.8, 4) is 0 Å². The average molecular weight is 266 g/mol. The minimum Gasteiger partial charge on any atom is -0.343 e. The summed E-state index contributed by atoms with van der Waals surface area (Å²) in [5.74, 6) is 1.37. The molecule has 1 heterocycles. The summed E-state index contributed by atoms with van der Waals surface area (Å²) < 4.78 is 0. The van der Waals surface area contributed by atoms with Crippen molar-refractivity contribution in [3.63, 3.8) is 0 Å². The maximum Gasteiger partial charge on any atom is 0.246 e. The first kappa shape index (κ1) is 14.4. The van der Waals surface area contributed by atoms with Crippen molar-refractivity contribution in [2.75, 3.05) is 6.54 Å². The largest absolute Gasteiger partial charge is 0.343 e. The van der Waals surface area contributed by atoms with Crippen LogP contribution < -0.4 is 5.32 Å². The van der Waals surface area contributed by atoms with Crippen molar-refractivity contribution in [1.82, 2.24) is 10.2 Å². The van der Waals surface area contributed by atoms with Gasteiger partial charge in [0, 0.05) is 6.04 Å². The Labute approximate surface area is 115 Å². The number of nitrogens with one attached hydrogen (secondary N) is 1. The van der Waals surface area contributed by atoms with E-state index in [-0.39, 0.29) is 36.4 Å². The molecule has 0 bridgehead atoms.